The van der Waals surface area contributed by atoms with Crippen molar-refractivity contribution in [2.45, 2.75) is 31.9 Å². The molecule has 0 N–H and O–H groups in total. The van der Waals surface area contributed by atoms with Crippen LogP contribution in [-0.2, 0) is 9.57 Å². The molecule has 3 aliphatic rings. The van der Waals surface area contributed by atoms with Crippen LogP contribution in [0.3, 0.4) is 0 Å². The molecule has 1 fully saturated rings. The quantitative estimate of drug-likeness (QED) is 0.618. The first-order chi connectivity index (χ1) is 9.28. The zero-order valence-corrected chi connectivity index (χ0v) is 10.9. The molecule has 19 heavy (non-hydrogen) atoms. The van der Waals surface area contributed by atoms with Crippen LogP contribution in [0.25, 0.3) is 0 Å². The third kappa shape index (κ3) is 2.36. The fraction of sp³-hybridized carbons (Fsp3) is 0.400. The maximum absolute atomic E-state index is 11.6. The summed E-state index contributed by atoms with van der Waals surface area (Å²) in [5.74, 6) is -0.282. The number of carbonyl (C=O) groups excluding carboxylic acids is 1. The van der Waals surface area contributed by atoms with Crippen molar-refractivity contribution in [3.63, 3.8) is 0 Å². The van der Waals surface area contributed by atoms with Gasteiger partial charge < -0.3 is 4.74 Å². The van der Waals surface area contributed by atoms with Gasteiger partial charge in [0.15, 0.2) is 0 Å². The number of carbonyl (C=O) groups is 1. The number of ether oxygens (including phenoxy) is 1. The van der Waals surface area contributed by atoms with Gasteiger partial charge in [0.2, 0.25) is 0 Å². The molecule has 1 aromatic carbocycles. The maximum atomic E-state index is 11.6. The molecular formula is C15H17NO3. The normalized spacial score (nSPS) is 24.6. The summed E-state index contributed by atoms with van der Waals surface area (Å²) in [5, 5.41) is 1.93. The number of rotatable bonds is 3. The van der Waals surface area contributed by atoms with E-state index < -0.39 is 0 Å². The van der Waals surface area contributed by atoms with Crippen molar-refractivity contribution in [1.29, 1.82) is 0 Å². The molecule has 2 bridgehead atoms. The highest BCUT2D eigenvalue weighted by molar-refractivity contribution is 5.89. The first-order valence-corrected chi connectivity index (χ1v) is 6.69. The summed E-state index contributed by atoms with van der Waals surface area (Å²) >= 11 is 0. The summed E-state index contributed by atoms with van der Waals surface area (Å²) in [6.45, 7) is 2.20. The molecule has 0 saturated carbocycles. The highest BCUT2D eigenvalue weighted by Crippen LogP contribution is 2.32. The summed E-state index contributed by atoms with van der Waals surface area (Å²) in [7, 11) is 0. The third-order valence-corrected chi connectivity index (χ3v) is 3.48. The lowest BCUT2D eigenvalue weighted by atomic mass is 9.98. The minimum Gasteiger partial charge on any atom is -0.462 e. The van der Waals surface area contributed by atoms with Crippen LogP contribution < -0.4 is 5.06 Å². The van der Waals surface area contributed by atoms with Crippen molar-refractivity contribution >= 4 is 11.7 Å². The molecule has 1 saturated heterocycles. The summed E-state index contributed by atoms with van der Waals surface area (Å²) in [6.07, 6.45) is 6.70. The van der Waals surface area contributed by atoms with Crippen LogP contribution in [-0.4, -0.2) is 24.7 Å². The standard InChI is InChI=1S/C15H17NO3/c1-2-18-15(17)11-3-5-12(6-4-11)16-13-7-9-14(19-16)10-8-13/h3-7,9,13-14H,2,8,10H2,1H3. The van der Waals surface area contributed by atoms with Gasteiger partial charge >= 0.3 is 5.97 Å². The van der Waals surface area contributed by atoms with Crippen molar-refractivity contribution in [2.24, 2.45) is 0 Å². The highest BCUT2D eigenvalue weighted by atomic mass is 16.7. The van der Waals surface area contributed by atoms with Gasteiger partial charge in [-0.1, -0.05) is 12.2 Å². The Hall–Kier alpha value is -1.81. The summed E-state index contributed by atoms with van der Waals surface area (Å²) in [4.78, 5) is 17.4. The van der Waals surface area contributed by atoms with Crippen molar-refractivity contribution in [3.8, 4) is 0 Å². The molecule has 4 nitrogen and oxygen atoms in total. The Morgan fingerprint density at radius 3 is 2.63 bits per heavy atom. The van der Waals surface area contributed by atoms with E-state index in [9.17, 15) is 4.79 Å². The molecule has 4 heteroatoms. The lowest BCUT2D eigenvalue weighted by molar-refractivity contribution is 0.00351. The summed E-state index contributed by atoms with van der Waals surface area (Å²) in [5.41, 5.74) is 1.55. The Balaban J connectivity index is 1.76. The number of anilines is 1. The van der Waals surface area contributed by atoms with Crippen molar-refractivity contribution in [1.82, 2.24) is 0 Å². The second-order valence-corrected chi connectivity index (χ2v) is 4.77. The van der Waals surface area contributed by atoms with E-state index in [4.69, 9.17) is 9.57 Å². The van der Waals surface area contributed by atoms with E-state index in [0.717, 1.165) is 18.5 Å². The second-order valence-electron chi connectivity index (χ2n) is 4.77. The first-order valence-electron chi connectivity index (χ1n) is 6.69. The predicted molar refractivity (Wildman–Crippen MR) is 71.9 cm³/mol. The van der Waals surface area contributed by atoms with Gasteiger partial charge in [-0.25, -0.2) is 9.86 Å². The van der Waals surface area contributed by atoms with E-state index in [1.165, 1.54) is 0 Å². The number of hydroxylamine groups is 1. The Bertz CT molecular complexity index is 495. The average Bonchev–Trinajstić information content (AvgIpc) is 2.49. The fourth-order valence-electron chi connectivity index (χ4n) is 2.50. The van der Waals surface area contributed by atoms with Gasteiger partial charge in [-0.2, -0.15) is 0 Å². The number of benzene rings is 1. The second kappa shape index (κ2) is 5.05. The SMILES string of the molecule is CCOC(=O)c1ccc(N2OC3C=CC2CC3)cc1. The Labute approximate surface area is 112 Å². The molecule has 2 atom stereocenters. The largest absolute Gasteiger partial charge is 0.462 e. The van der Waals surface area contributed by atoms with Crippen molar-refractivity contribution in [3.05, 3.63) is 42.0 Å². The summed E-state index contributed by atoms with van der Waals surface area (Å²) < 4.78 is 4.97. The summed E-state index contributed by atoms with van der Waals surface area (Å²) in [6, 6.07) is 7.67. The van der Waals surface area contributed by atoms with Crippen LogP contribution in [0.15, 0.2) is 36.4 Å². The molecule has 2 aliphatic heterocycles. The topological polar surface area (TPSA) is 38.8 Å². The number of hydrogen-bond donors (Lipinski definition) is 0. The number of nitrogens with zero attached hydrogens (tertiary/aromatic N) is 1. The van der Waals surface area contributed by atoms with Crippen LogP contribution in [0.1, 0.15) is 30.1 Å². The zero-order chi connectivity index (χ0) is 13.2. The minimum atomic E-state index is -0.282. The Kier molecular flexibility index (Phi) is 3.25. The molecule has 0 radical (unpaired) electrons. The predicted octanol–water partition coefficient (Wildman–Crippen LogP) is 2.70. The molecule has 4 rings (SSSR count). The van der Waals surface area contributed by atoms with Gasteiger partial charge in [-0.15, -0.1) is 0 Å². The van der Waals surface area contributed by atoms with E-state index in [1.807, 2.05) is 17.2 Å². The van der Waals surface area contributed by atoms with Crippen molar-refractivity contribution < 1.29 is 14.4 Å². The van der Waals surface area contributed by atoms with Crippen LogP contribution in [0.4, 0.5) is 5.69 Å². The van der Waals surface area contributed by atoms with Gasteiger partial charge in [0.05, 0.1) is 23.9 Å². The van der Waals surface area contributed by atoms with E-state index in [1.54, 1.807) is 19.1 Å². The smallest absolute Gasteiger partial charge is 0.338 e. The lowest BCUT2D eigenvalue weighted by Gasteiger charge is -2.41. The van der Waals surface area contributed by atoms with E-state index in [0.29, 0.717) is 18.2 Å². The van der Waals surface area contributed by atoms with E-state index in [-0.39, 0.29) is 12.1 Å². The molecule has 100 valence electrons. The van der Waals surface area contributed by atoms with Gasteiger partial charge in [0.25, 0.3) is 0 Å². The van der Waals surface area contributed by atoms with Gasteiger partial charge in [0, 0.05) is 0 Å². The monoisotopic (exact) mass is 259 g/mol. The van der Waals surface area contributed by atoms with Crippen LogP contribution >= 0.6 is 0 Å². The molecular weight excluding hydrogens is 242 g/mol. The average molecular weight is 259 g/mol. The number of hydrogen-bond acceptors (Lipinski definition) is 4. The number of esters is 1. The highest BCUT2D eigenvalue weighted by Gasteiger charge is 2.31. The van der Waals surface area contributed by atoms with Gasteiger partial charge in [0.1, 0.15) is 6.10 Å². The molecule has 1 aromatic rings. The molecule has 2 heterocycles. The molecule has 0 aromatic heterocycles. The molecule has 0 amide bonds. The molecule has 2 unspecified atom stereocenters. The minimum absolute atomic E-state index is 0.190. The Morgan fingerprint density at radius 2 is 2.11 bits per heavy atom. The Morgan fingerprint density at radius 1 is 1.32 bits per heavy atom. The molecule has 1 aliphatic carbocycles. The number of fused-ring (bicyclic) bond motifs is 2. The fourth-order valence-corrected chi connectivity index (χ4v) is 2.50. The zero-order valence-electron chi connectivity index (χ0n) is 10.9. The maximum Gasteiger partial charge on any atom is 0.338 e. The van der Waals surface area contributed by atoms with Gasteiger partial charge in [-0.05, 0) is 44.0 Å². The molecule has 0 spiro atoms. The van der Waals surface area contributed by atoms with E-state index >= 15 is 0 Å². The lowest BCUT2D eigenvalue weighted by Crippen LogP contribution is -2.45. The van der Waals surface area contributed by atoms with Gasteiger partial charge in [-0.3, -0.25) is 4.84 Å². The van der Waals surface area contributed by atoms with Crippen LogP contribution in [0.2, 0.25) is 0 Å². The van der Waals surface area contributed by atoms with Crippen molar-refractivity contribution in [2.75, 3.05) is 11.7 Å². The van der Waals surface area contributed by atoms with Crippen LogP contribution in [0, 0.1) is 0 Å². The van der Waals surface area contributed by atoms with Crippen LogP contribution in [0.5, 0.6) is 0 Å². The van der Waals surface area contributed by atoms with E-state index in [2.05, 4.69) is 12.2 Å². The first kappa shape index (κ1) is 12.2. The third-order valence-electron chi connectivity index (χ3n) is 3.48.